The molecule has 0 unspecified atom stereocenters. The van der Waals surface area contributed by atoms with Gasteiger partial charge in [0.15, 0.2) is 0 Å². The SMILES string of the molecule is Cn1c(Nc2cc(CNC(=O)C3(C(F)(F)F)CC3)ccc2Cl)nc2cc(C(=O)Nc3ccc(F)c(Cl)c3)c(OCC(F)F)cc21. The zero-order valence-electron chi connectivity index (χ0n) is 23.2. The number of hydrogen-bond acceptors (Lipinski definition) is 5. The van der Waals surface area contributed by atoms with Crippen LogP contribution in [0, 0.1) is 11.2 Å². The van der Waals surface area contributed by atoms with Gasteiger partial charge >= 0.3 is 6.18 Å². The van der Waals surface area contributed by atoms with E-state index in [0.29, 0.717) is 16.8 Å². The molecule has 1 saturated carbocycles. The number of carbonyl (C=O) groups excluding carboxylic acids is 2. The number of ether oxygens (including phenoxy) is 1. The average molecular weight is 674 g/mol. The molecule has 0 spiro atoms. The van der Waals surface area contributed by atoms with Gasteiger partial charge in [0.2, 0.25) is 11.9 Å². The second-order valence-corrected chi connectivity index (χ2v) is 11.1. The van der Waals surface area contributed by atoms with E-state index >= 15 is 0 Å². The van der Waals surface area contributed by atoms with Crippen molar-refractivity contribution in [3.63, 3.8) is 0 Å². The number of aromatic nitrogens is 2. The van der Waals surface area contributed by atoms with Crippen molar-refractivity contribution in [2.24, 2.45) is 12.5 Å². The summed E-state index contributed by atoms with van der Waals surface area (Å²) in [6, 6.07) is 10.7. The van der Waals surface area contributed by atoms with Gasteiger partial charge < -0.3 is 25.3 Å². The molecule has 0 atom stereocenters. The zero-order valence-corrected chi connectivity index (χ0v) is 24.7. The molecule has 2 amide bonds. The second-order valence-electron chi connectivity index (χ2n) is 10.3. The van der Waals surface area contributed by atoms with Crippen LogP contribution in [0.3, 0.4) is 0 Å². The standard InChI is InChI=1S/C29H23Cl2F6N5O3/c1-42-22-11-23(45-13-24(33)34)16(25(43)39-15-3-5-19(32)18(31)9-15)10-21(22)41-27(42)40-20-8-14(2-4-17(20)30)12-38-26(44)28(6-7-28)29(35,36)37/h2-5,8-11,24H,6-7,12-13H2,1H3,(H,38,44)(H,39,43)(H,40,41). The maximum Gasteiger partial charge on any atom is 0.403 e. The molecule has 238 valence electrons. The third-order valence-corrected chi connectivity index (χ3v) is 7.85. The van der Waals surface area contributed by atoms with E-state index in [1.54, 1.807) is 13.1 Å². The molecule has 3 N–H and O–H groups in total. The average Bonchev–Trinajstić information content (AvgIpc) is 3.75. The van der Waals surface area contributed by atoms with E-state index in [1.165, 1.54) is 41.0 Å². The number of anilines is 3. The molecule has 8 nitrogen and oxygen atoms in total. The highest BCUT2D eigenvalue weighted by molar-refractivity contribution is 6.33. The molecule has 45 heavy (non-hydrogen) atoms. The molecular formula is C29H23Cl2F6N5O3. The molecule has 3 aromatic carbocycles. The van der Waals surface area contributed by atoms with E-state index in [2.05, 4.69) is 20.9 Å². The Morgan fingerprint density at radius 3 is 2.44 bits per heavy atom. The molecule has 1 fully saturated rings. The van der Waals surface area contributed by atoms with Crippen LogP contribution in [0.4, 0.5) is 43.7 Å². The monoisotopic (exact) mass is 673 g/mol. The van der Waals surface area contributed by atoms with Crippen LogP contribution >= 0.6 is 23.2 Å². The van der Waals surface area contributed by atoms with Gasteiger partial charge in [-0.2, -0.15) is 13.2 Å². The maximum absolute atomic E-state index is 13.6. The molecule has 0 saturated heterocycles. The van der Waals surface area contributed by atoms with Gasteiger partial charge in [0.1, 0.15) is 23.6 Å². The lowest BCUT2D eigenvalue weighted by molar-refractivity contribution is -0.192. The summed E-state index contributed by atoms with van der Waals surface area (Å²) >= 11 is 12.1. The molecule has 1 aliphatic carbocycles. The summed E-state index contributed by atoms with van der Waals surface area (Å²) in [5.74, 6) is -2.53. The molecule has 1 heterocycles. The number of nitrogens with zero attached hydrogens (tertiary/aromatic N) is 2. The summed E-state index contributed by atoms with van der Waals surface area (Å²) in [6.07, 6.45) is -7.99. The topological polar surface area (TPSA) is 97.3 Å². The van der Waals surface area contributed by atoms with Crippen molar-refractivity contribution in [1.29, 1.82) is 0 Å². The minimum Gasteiger partial charge on any atom is -0.487 e. The normalized spacial score (nSPS) is 14.0. The molecule has 16 heteroatoms. The summed E-state index contributed by atoms with van der Waals surface area (Å²) in [7, 11) is 1.60. The number of carbonyl (C=O) groups is 2. The van der Waals surface area contributed by atoms with Gasteiger partial charge in [0.25, 0.3) is 12.3 Å². The second kappa shape index (κ2) is 12.3. The Labute approximate surface area is 261 Å². The predicted octanol–water partition coefficient (Wildman–Crippen LogP) is 7.62. The molecule has 4 aromatic rings. The molecule has 1 aliphatic rings. The quantitative estimate of drug-likeness (QED) is 0.151. The lowest BCUT2D eigenvalue weighted by Gasteiger charge is -2.18. The van der Waals surface area contributed by atoms with Crippen LogP contribution in [-0.2, 0) is 18.4 Å². The number of rotatable bonds is 10. The number of hydrogen-bond donors (Lipinski definition) is 3. The van der Waals surface area contributed by atoms with Crippen LogP contribution in [0.5, 0.6) is 5.75 Å². The van der Waals surface area contributed by atoms with Crippen LogP contribution in [0.25, 0.3) is 11.0 Å². The van der Waals surface area contributed by atoms with Gasteiger partial charge in [0.05, 0.1) is 32.3 Å². The van der Waals surface area contributed by atoms with Gasteiger partial charge in [-0.25, -0.2) is 18.2 Å². The minimum absolute atomic E-state index is 0.142. The number of nitrogens with one attached hydrogen (secondary N) is 3. The number of alkyl halides is 5. The van der Waals surface area contributed by atoms with Gasteiger partial charge in [-0.15, -0.1) is 0 Å². The van der Waals surface area contributed by atoms with E-state index in [9.17, 15) is 35.9 Å². The van der Waals surface area contributed by atoms with E-state index in [1.807, 2.05) is 0 Å². The number of halogens is 8. The zero-order chi connectivity index (χ0) is 32.7. The minimum atomic E-state index is -4.64. The van der Waals surface area contributed by atoms with Crippen molar-refractivity contribution in [3.8, 4) is 5.75 Å². The van der Waals surface area contributed by atoms with Gasteiger partial charge in [0, 0.05) is 25.3 Å². The molecule has 0 radical (unpaired) electrons. The van der Waals surface area contributed by atoms with Crippen LogP contribution in [0.15, 0.2) is 48.5 Å². The van der Waals surface area contributed by atoms with Crippen molar-refractivity contribution < 1.29 is 40.7 Å². The van der Waals surface area contributed by atoms with Crippen LogP contribution in [0.2, 0.25) is 10.0 Å². The van der Waals surface area contributed by atoms with E-state index in [0.717, 1.165) is 6.07 Å². The summed E-state index contributed by atoms with van der Waals surface area (Å²) in [5, 5.41) is 7.85. The van der Waals surface area contributed by atoms with E-state index in [4.69, 9.17) is 27.9 Å². The lowest BCUT2D eigenvalue weighted by Crippen LogP contribution is -2.40. The summed E-state index contributed by atoms with van der Waals surface area (Å²) in [5.41, 5.74) is -0.957. The van der Waals surface area contributed by atoms with Crippen LogP contribution < -0.4 is 20.7 Å². The molecular weight excluding hydrogens is 651 g/mol. The Bertz CT molecular complexity index is 1790. The van der Waals surface area contributed by atoms with Gasteiger partial charge in [-0.3, -0.25) is 9.59 Å². The number of imidazole rings is 1. The Balaban J connectivity index is 1.40. The highest BCUT2D eigenvalue weighted by atomic mass is 35.5. The fourth-order valence-electron chi connectivity index (χ4n) is 4.57. The highest BCUT2D eigenvalue weighted by Gasteiger charge is 2.68. The summed E-state index contributed by atoms with van der Waals surface area (Å²) < 4.78 is 86.2. The first-order chi connectivity index (χ1) is 21.2. The number of amides is 2. The Morgan fingerprint density at radius 1 is 1.07 bits per heavy atom. The maximum atomic E-state index is 13.6. The van der Waals surface area contributed by atoms with Crippen molar-refractivity contribution in [3.05, 3.63) is 75.5 Å². The number of aryl methyl sites for hydroxylation is 1. The molecule has 5 rings (SSSR count). The summed E-state index contributed by atoms with van der Waals surface area (Å²) in [6.45, 7) is -1.19. The first-order valence-electron chi connectivity index (χ1n) is 13.3. The lowest BCUT2D eigenvalue weighted by atomic mass is 10.1. The van der Waals surface area contributed by atoms with E-state index < -0.39 is 42.3 Å². The van der Waals surface area contributed by atoms with Crippen molar-refractivity contribution in [2.45, 2.75) is 32.0 Å². The third kappa shape index (κ3) is 6.76. The summed E-state index contributed by atoms with van der Waals surface area (Å²) in [4.78, 5) is 29.9. The number of benzene rings is 3. The Hall–Kier alpha value is -4.17. The molecule has 0 aliphatic heterocycles. The first kappa shape index (κ1) is 32.2. The highest BCUT2D eigenvalue weighted by Crippen LogP contribution is 2.57. The van der Waals surface area contributed by atoms with Gasteiger partial charge in [-0.05, 0) is 54.8 Å². The van der Waals surface area contributed by atoms with Crippen molar-refractivity contribution in [1.82, 2.24) is 14.9 Å². The largest absolute Gasteiger partial charge is 0.487 e. The van der Waals surface area contributed by atoms with Crippen molar-refractivity contribution in [2.75, 3.05) is 17.2 Å². The Kier molecular flexibility index (Phi) is 8.82. The smallest absolute Gasteiger partial charge is 0.403 e. The fourth-order valence-corrected chi connectivity index (χ4v) is 4.91. The van der Waals surface area contributed by atoms with Crippen LogP contribution in [-0.4, -0.2) is 40.6 Å². The first-order valence-corrected chi connectivity index (χ1v) is 14.0. The Morgan fingerprint density at radius 2 is 1.80 bits per heavy atom. The number of fused-ring (bicyclic) bond motifs is 1. The third-order valence-electron chi connectivity index (χ3n) is 7.23. The molecule has 0 bridgehead atoms. The van der Waals surface area contributed by atoms with Gasteiger partial charge in [-0.1, -0.05) is 29.3 Å². The van der Waals surface area contributed by atoms with Crippen LogP contribution in [0.1, 0.15) is 28.8 Å². The predicted molar refractivity (Wildman–Crippen MR) is 156 cm³/mol. The van der Waals surface area contributed by atoms with Crippen molar-refractivity contribution >= 4 is 63.4 Å². The molecule has 1 aromatic heterocycles. The van der Waals surface area contributed by atoms with E-state index in [-0.39, 0.29) is 57.9 Å². The fraction of sp³-hybridized carbons (Fsp3) is 0.276.